The van der Waals surface area contributed by atoms with Gasteiger partial charge in [-0.1, -0.05) is 44.7 Å². The van der Waals surface area contributed by atoms with Gasteiger partial charge in [0.1, 0.15) is 30.1 Å². The zero-order chi connectivity index (χ0) is 34.3. The summed E-state index contributed by atoms with van der Waals surface area (Å²) in [5.74, 6) is -2.74. The predicted octanol–water partition coefficient (Wildman–Crippen LogP) is 0.115. The summed E-state index contributed by atoms with van der Waals surface area (Å²) in [7, 11) is 1.55. The van der Waals surface area contributed by atoms with Gasteiger partial charge in [0, 0.05) is 18.3 Å². The number of hydrogen-bond donors (Lipinski definition) is 8. The maximum Gasteiger partial charge on any atom is 0.311 e. The summed E-state index contributed by atoms with van der Waals surface area (Å²) in [6, 6.07) is 3.38. The summed E-state index contributed by atoms with van der Waals surface area (Å²) in [4.78, 5) is 47.9. The molecule has 0 saturated heterocycles. The van der Waals surface area contributed by atoms with Crippen LogP contribution in [0, 0.1) is 11.8 Å². The predicted molar refractivity (Wildman–Crippen MR) is 172 cm³/mol. The van der Waals surface area contributed by atoms with Crippen LogP contribution >= 0.6 is 0 Å². The highest BCUT2D eigenvalue weighted by Crippen LogP contribution is 2.34. The summed E-state index contributed by atoms with van der Waals surface area (Å²) in [6.45, 7) is 1.23. The molecule has 7 atom stereocenters. The lowest BCUT2D eigenvalue weighted by Gasteiger charge is -2.39. The number of amides is 2. The Labute approximate surface area is 275 Å². The molecule has 1 saturated carbocycles. The van der Waals surface area contributed by atoms with E-state index in [4.69, 9.17) is 15.2 Å². The Morgan fingerprint density at radius 2 is 1.72 bits per heavy atom. The van der Waals surface area contributed by atoms with Crippen molar-refractivity contribution in [1.29, 1.82) is 0 Å². The highest BCUT2D eigenvalue weighted by Gasteiger charge is 2.45. The lowest BCUT2D eigenvalue weighted by atomic mass is 9.74. The minimum Gasteiger partial charge on any atom is -0.497 e. The van der Waals surface area contributed by atoms with Gasteiger partial charge in [-0.3, -0.25) is 14.4 Å². The van der Waals surface area contributed by atoms with Crippen molar-refractivity contribution in [2.45, 2.75) is 101 Å². The van der Waals surface area contributed by atoms with E-state index in [1.165, 1.54) is 12.5 Å². The van der Waals surface area contributed by atoms with Gasteiger partial charge in [-0.2, -0.15) is 0 Å². The molecule has 0 aliphatic heterocycles. The van der Waals surface area contributed by atoms with Gasteiger partial charge in [-0.05, 0) is 49.3 Å². The summed E-state index contributed by atoms with van der Waals surface area (Å²) >= 11 is 0. The van der Waals surface area contributed by atoms with Gasteiger partial charge in [-0.25, -0.2) is 4.98 Å². The third-order valence-electron chi connectivity index (χ3n) is 8.73. The summed E-state index contributed by atoms with van der Waals surface area (Å²) in [5, 5.41) is 47.3. The van der Waals surface area contributed by atoms with E-state index < -0.39 is 66.7 Å². The van der Waals surface area contributed by atoms with Crippen LogP contribution in [0.15, 0.2) is 36.8 Å². The molecule has 1 aliphatic rings. The van der Waals surface area contributed by atoms with Crippen molar-refractivity contribution in [3.05, 3.63) is 48.0 Å². The number of aliphatic hydroxyl groups excluding tert-OH is 4. The molecule has 0 radical (unpaired) electrons. The lowest BCUT2D eigenvalue weighted by molar-refractivity contribution is -0.158. The average Bonchev–Trinajstić information content (AvgIpc) is 3.60. The van der Waals surface area contributed by atoms with Crippen LogP contribution in [-0.2, 0) is 32.0 Å². The van der Waals surface area contributed by atoms with E-state index in [1.54, 1.807) is 31.4 Å². The Balaban J connectivity index is 1.90. The molecule has 3 rings (SSSR count). The molecule has 1 fully saturated rings. The fourth-order valence-electron chi connectivity index (χ4n) is 5.95. The van der Waals surface area contributed by atoms with E-state index in [9.17, 15) is 34.8 Å². The van der Waals surface area contributed by atoms with E-state index in [1.807, 2.05) is 6.92 Å². The molecule has 1 aromatic heterocycles. The molecule has 1 heterocycles. The number of aromatic nitrogens is 2. The number of carbonyl (C=O) groups excluding carboxylic acids is 3. The molecule has 9 N–H and O–H groups in total. The Hall–Kier alpha value is -3.56. The highest BCUT2D eigenvalue weighted by molar-refractivity contribution is 5.90. The van der Waals surface area contributed by atoms with Gasteiger partial charge in [0.15, 0.2) is 0 Å². The summed E-state index contributed by atoms with van der Waals surface area (Å²) in [5.41, 5.74) is 7.54. The van der Waals surface area contributed by atoms with Gasteiger partial charge in [-0.15, -0.1) is 0 Å². The average molecular weight is 662 g/mol. The van der Waals surface area contributed by atoms with Crippen molar-refractivity contribution in [3.63, 3.8) is 0 Å². The first kappa shape index (κ1) is 37.9. The fourth-order valence-corrected chi connectivity index (χ4v) is 5.95. The van der Waals surface area contributed by atoms with E-state index in [-0.39, 0.29) is 25.4 Å². The van der Waals surface area contributed by atoms with Crippen molar-refractivity contribution in [2.75, 3.05) is 20.3 Å². The number of nitrogens with one attached hydrogen (secondary N) is 3. The minimum atomic E-state index is -1.90. The van der Waals surface area contributed by atoms with Crippen molar-refractivity contribution < 1.29 is 44.3 Å². The SMILES string of the molecule is CCCCOC(=O)C(C1CCCCC1)[C@H](NC(=O)[C@H](Cc1cnc[nH]1)NC(=O)[C@@H](N)Cc1ccc(OC)cc1)[C@@H](O)[C@@H](O)[C@H](O)CO. The highest BCUT2D eigenvalue weighted by atomic mass is 16.5. The number of carbonyl (C=O) groups is 3. The third kappa shape index (κ3) is 11.3. The van der Waals surface area contributed by atoms with E-state index in [0.29, 0.717) is 30.7 Å². The first-order valence-electron chi connectivity index (χ1n) is 16.4. The number of nitrogens with zero attached hydrogens (tertiary/aromatic N) is 1. The molecular formula is C33H51N5O9. The molecule has 2 aromatic rings. The van der Waals surface area contributed by atoms with Crippen LogP contribution in [-0.4, -0.2) is 105 Å². The molecular weight excluding hydrogens is 610 g/mol. The smallest absolute Gasteiger partial charge is 0.311 e. The lowest BCUT2D eigenvalue weighted by Crippen LogP contribution is -2.62. The maximum atomic E-state index is 14.0. The Bertz CT molecular complexity index is 1220. The molecule has 0 bridgehead atoms. The summed E-state index contributed by atoms with van der Waals surface area (Å²) in [6.07, 6.45) is 2.80. The van der Waals surface area contributed by atoms with Gasteiger partial charge >= 0.3 is 5.97 Å². The molecule has 1 unspecified atom stereocenters. The molecule has 14 nitrogen and oxygen atoms in total. The number of aromatic amines is 1. The number of benzene rings is 1. The van der Waals surface area contributed by atoms with Gasteiger partial charge in [0.2, 0.25) is 11.8 Å². The number of ether oxygens (including phenoxy) is 2. The molecule has 1 aromatic carbocycles. The fraction of sp³-hybridized carbons (Fsp3) is 0.636. The summed E-state index contributed by atoms with van der Waals surface area (Å²) < 4.78 is 10.8. The Morgan fingerprint density at radius 3 is 2.32 bits per heavy atom. The Kier molecular flexibility index (Phi) is 15.6. The molecule has 1 aliphatic carbocycles. The van der Waals surface area contributed by atoms with E-state index in [0.717, 1.165) is 31.2 Å². The van der Waals surface area contributed by atoms with Gasteiger partial charge < -0.3 is 51.3 Å². The van der Waals surface area contributed by atoms with Crippen LogP contribution in [0.4, 0.5) is 0 Å². The van der Waals surface area contributed by atoms with Crippen LogP contribution in [0.1, 0.15) is 63.1 Å². The number of rotatable bonds is 19. The van der Waals surface area contributed by atoms with Crippen LogP contribution < -0.4 is 21.1 Å². The number of imidazole rings is 1. The molecule has 47 heavy (non-hydrogen) atoms. The number of unbranched alkanes of at least 4 members (excludes halogenated alkanes) is 1. The second kappa shape index (κ2) is 19.3. The second-order valence-electron chi connectivity index (χ2n) is 12.2. The first-order chi connectivity index (χ1) is 22.6. The van der Waals surface area contributed by atoms with Crippen molar-refractivity contribution >= 4 is 17.8 Å². The number of H-pyrrole nitrogens is 1. The van der Waals surface area contributed by atoms with E-state index >= 15 is 0 Å². The van der Waals surface area contributed by atoms with Crippen LogP contribution in [0.25, 0.3) is 0 Å². The Morgan fingerprint density at radius 1 is 1.02 bits per heavy atom. The molecule has 262 valence electrons. The second-order valence-corrected chi connectivity index (χ2v) is 12.2. The largest absolute Gasteiger partial charge is 0.497 e. The molecule has 14 heteroatoms. The molecule has 0 spiro atoms. The number of methoxy groups -OCH3 is 1. The normalized spacial score (nSPS) is 18.2. The standard InChI is InChI=1S/C33H51N5O9/c1-3-4-14-47-33(45)27(21-8-6-5-7-9-21)28(30(42)29(41)26(40)18-39)38-32(44)25(16-22-17-35-19-36-22)37-31(43)24(34)15-20-10-12-23(46-2)13-11-20/h10-13,17,19,21,24-30,39-42H,3-9,14-16,18,34H2,1-2H3,(H,35,36)(H,37,43)(H,38,44)/t24-,25-,26+,27?,28-,29-,30+/m0/s1. The molecule has 2 amide bonds. The third-order valence-corrected chi connectivity index (χ3v) is 8.73. The number of aliphatic hydroxyl groups is 4. The maximum absolute atomic E-state index is 14.0. The van der Waals surface area contributed by atoms with E-state index in [2.05, 4.69) is 20.6 Å². The zero-order valence-corrected chi connectivity index (χ0v) is 27.2. The van der Waals surface area contributed by atoms with Crippen LogP contribution in [0.3, 0.4) is 0 Å². The number of hydrogen-bond acceptors (Lipinski definition) is 11. The number of esters is 1. The van der Waals surface area contributed by atoms with Crippen LogP contribution in [0.2, 0.25) is 0 Å². The number of nitrogens with two attached hydrogens (primary N) is 1. The van der Waals surface area contributed by atoms with Gasteiger partial charge in [0.05, 0.1) is 44.7 Å². The quantitative estimate of drug-likeness (QED) is 0.0744. The zero-order valence-electron chi connectivity index (χ0n) is 27.2. The minimum absolute atomic E-state index is 0.0352. The topological polar surface area (TPSA) is 229 Å². The van der Waals surface area contributed by atoms with Gasteiger partial charge in [0.25, 0.3) is 0 Å². The first-order valence-corrected chi connectivity index (χ1v) is 16.4. The van der Waals surface area contributed by atoms with Crippen molar-refractivity contribution in [1.82, 2.24) is 20.6 Å². The van der Waals surface area contributed by atoms with Crippen molar-refractivity contribution in [3.8, 4) is 5.75 Å². The van der Waals surface area contributed by atoms with Crippen molar-refractivity contribution in [2.24, 2.45) is 17.6 Å². The monoisotopic (exact) mass is 661 g/mol. The van der Waals surface area contributed by atoms with Crippen LogP contribution in [0.5, 0.6) is 5.75 Å².